The molecular weight excluding hydrogens is 406 g/mol. The van der Waals surface area contributed by atoms with Crippen LogP contribution < -0.4 is 0 Å². The summed E-state index contributed by atoms with van der Waals surface area (Å²) in [5, 5.41) is 0. The lowest BCUT2D eigenvalue weighted by atomic mass is 9.80. The van der Waals surface area contributed by atoms with Gasteiger partial charge in [0.05, 0.1) is 6.10 Å². The number of aldehydes is 1. The minimum absolute atomic E-state index is 0. The van der Waals surface area contributed by atoms with Crippen LogP contribution in [0.2, 0.25) is 0 Å². The smallest absolute Gasteiger partial charge is 0.150 e. The van der Waals surface area contributed by atoms with E-state index in [1.807, 2.05) is 31.4 Å². The van der Waals surface area contributed by atoms with Crippen LogP contribution in [0.4, 0.5) is 0 Å². The summed E-state index contributed by atoms with van der Waals surface area (Å²) in [6.45, 7) is 1.05. The highest BCUT2D eigenvalue weighted by molar-refractivity contribution is 5.85. The van der Waals surface area contributed by atoms with Gasteiger partial charge in [0.15, 0.2) is 0 Å². The molecule has 3 nitrogen and oxygen atoms in total. The van der Waals surface area contributed by atoms with Crippen LogP contribution in [0.15, 0.2) is 66.7 Å². The average Bonchev–Trinajstić information content (AvgIpc) is 2.78. The van der Waals surface area contributed by atoms with Crippen molar-refractivity contribution in [2.45, 2.75) is 18.9 Å². The molecule has 0 spiro atoms. The number of nitrogens with zero attached hydrogens (tertiary/aromatic N) is 1. The number of halogens is 1. The molecule has 3 aromatic carbocycles. The average molecular weight is 436 g/mol. The molecule has 0 fully saturated rings. The summed E-state index contributed by atoms with van der Waals surface area (Å²) >= 11 is 0. The molecule has 2 unspecified atom stereocenters. The lowest BCUT2D eigenvalue weighted by molar-refractivity contribution is 0.0299. The van der Waals surface area contributed by atoms with Crippen LogP contribution in [0.5, 0.6) is 0 Å². The second-order valence-electron chi connectivity index (χ2n) is 8.45. The molecule has 0 saturated carbocycles. The van der Waals surface area contributed by atoms with Crippen LogP contribution in [0.3, 0.4) is 0 Å². The molecule has 4 rings (SSSR count). The first-order valence-electron chi connectivity index (χ1n) is 10.6. The molecule has 0 heterocycles. The predicted molar refractivity (Wildman–Crippen MR) is 130 cm³/mol. The quantitative estimate of drug-likeness (QED) is 0.440. The van der Waals surface area contributed by atoms with Crippen LogP contribution in [-0.4, -0.2) is 38.9 Å². The van der Waals surface area contributed by atoms with Gasteiger partial charge < -0.3 is 9.64 Å². The van der Waals surface area contributed by atoms with Gasteiger partial charge in [0.2, 0.25) is 0 Å². The van der Waals surface area contributed by atoms with Gasteiger partial charge in [-0.3, -0.25) is 4.79 Å². The van der Waals surface area contributed by atoms with Gasteiger partial charge in [-0.25, -0.2) is 0 Å². The van der Waals surface area contributed by atoms with Crippen molar-refractivity contribution in [1.82, 2.24) is 4.90 Å². The van der Waals surface area contributed by atoms with Gasteiger partial charge in [-0.1, -0.05) is 66.7 Å². The van der Waals surface area contributed by atoms with Gasteiger partial charge in [-0.15, -0.1) is 12.4 Å². The maximum atomic E-state index is 10.9. The van der Waals surface area contributed by atoms with Crippen molar-refractivity contribution in [3.63, 3.8) is 0 Å². The molecule has 0 radical (unpaired) electrons. The van der Waals surface area contributed by atoms with Gasteiger partial charge >= 0.3 is 0 Å². The molecule has 2 atom stereocenters. The first-order valence-corrected chi connectivity index (χ1v) is 10.6. The van der Waals surface area contributed by atoms with E-state index in [1.54, 1.807) is 0 Å². The lowest BCUT2D eigenvalue weighted by Gasteiger charge is -2.34. The highest BCUT2D eigenvalue weighted by Crippen LogP contribution is 2.39. The van der Waals surface area contributed by atoms with Crippen molar-refractivity contribution in [3.05, 3.63) is 83.4 Å². The molecule has 162 valence electrons. The van der Waals surface area contributed by atoms with Crippen molar-refractivity contribution in [2.75, 3.05) is 27.7 Å². The zero-order valence-corrected chi connectivity index (χ0v) is 19.2. The number of rotatable bonds is 6. The maximum Gasteiger partial charge on any atom is 0.150 e. The number of aryl methyl sites for hydroxylation is 1. The minimum Gasteiger partial charge on any atom is -0.376 e. The normalized spacial score (nSPS) is 17.7. The fourth-order valence-electron chi connectivity index (χ4n) is 4.61. The Labute approximate surface area is 191 Å². The molecule has 0 saturated heterocycles. The van der Waals surface area contributed by atoms with E-state index < -0.39 is 0 Å². The Hall–Kier alpha value is -2.46. The largest absolute Gasteiger partial charge is 0.376 e. The summed E-state index contributed by atoms with van der Waals surface area (Å²) in [5.74, 6) is 0.535. The van der Waals surface area contributed by atoms with E-state index in [2.05, 4.69) is 61.5 Å². The molecule has 0 amide bonds. The molecule has 3 aromatic rings. The number of methoxy groups -OCH3 is 1. The van der Waals surface area contributed by atoms with Crippen LogP contribution in [0.25, 0.3) is 22.3 Å². The molecule has 0 aliphatic heterocycles. The van der Waals surface area contributed by atoms with E-state index in [0.29, 0.717) is 11.5 Å². The Morgan fingerprint density at radius 1 is 0.903 bits per heavy atom. The molecule has 4 heteroatoms. The second kappa shape index (κ2) is 10.2. The number of benzene rings is 3. The van der Waals surface area contributed by atoms with E-state index in [4.69, 9.17) is 4.74 Å². The molecule has 31 heavy (non-hydrogen) atoms. The third kappa shape index (κ3) is 5.07. The van der Waals surface area contributed by atoms with Crippen LogP contribution in [0.1, 0.15) is 34.0 Å². The fraction of sp³-hybridized carbons (Fsp3) is 0.296. The standard InChI is InChI=1S/C27H29NO2.ClH/c1-28(2)17-25-13-12-24-16-23(14-15-26(24)27(25)30-3)22-10-8-21(9-11-22)20-6-4-19(18-29)5-7-20;/h4-11,14-16,18,25,27H,12-13,17H2,1-3H3;1H. The van der Waals surface area contributed by atoms with E-state index in [9.17, 15) is 4.79 Å². The second-order valence-corrected chi connectivity index (χ2v) is 8.45. The summed E-state index contributed by atoms with van der Waals surface area (Å²) in [6.07, 6.45) is 3.30. The number of fused-ring (bicyclic) bond motifs is 1. The van der Waals surface area contributed by atoms with Crippen LogP contribution in [-0.2, 0) is 11.2 Å². The van der Waals surface area contributed by atoms with Gasteiger partial charge in [-0.2, -0.15) is 0 Å². The summed E-state index contributed by atoms with van der Waals surface area (Å²) in [7, 11) is 6.09. The zero-order valence-electron chi connectivity index (χ0n) is 18.4. The SMILES string of the molecule is COC1c2ccc(-c3ccc(-c4ccc(C=O)cc4)cc3)cc2CCC1CN(C)C.Cl. The Kier molecular flexibility index (Phi) is 7.66. The van der Waals surface area contributed by atoms with Crippen LogP contribution in [0, 0.1) is 5.92 Å². The zero-order chi connectivity index (χ0) is 21.1. The highest BCUT2D eigenvalue weighted by atomic mass is 35.5. The Morgan fingerprint density at radius 2 is 1.45 bits per heavy atom. The van der Waals surface area contributed by atoms with Crippen molar-refractivity contribution >= 4 is 18.7 Å². The summed E-state index contributed by atoms with van der Waals surface area (Å²) < 4.78 is 5.91. The van der Waals surface area contributed by atoms with Crippen molar-refractivity contribution in [1.29, 1.82) is 0 Å². The minimum atomic E-state index is 0. The number of carbonyl (C=O) groups is 1. The Bertz CT molecular complexity index is 1010. The number of hydrogen-bond acceptors (Lipinski definition) is 3. The topological polar surface area (TPSA) is 29.5 Å². The van der Waals surface area contributed by atoms with E-state index >= 15 is 0 Å². The van der Waals surface area contributed by atoms with Gasteiger partial charge in [0, 0.05) is 25.1 Å². The Morgan fingerprint density at radius 3 is 2.00 bits per heavy atom. The molecule has 0 bridgehead atoms. The molecular formula is C27H30ClNO2. The molecule has 1 aliphatic carbocycles. The summed E-state index contributed by atoms with van der Waals surface area (Å²) in [5.41, 5.74) is 8.18. The Balaban J connectivity index is 0.00000272. The lowest BCUT2D eigenvalue weighted by Crippen LogP contribution is -2.31. The molecule has 1 aliphatic rings. The highest BCUT2D eigenvalue weighted by Gasteiger charge is 2.30. The van der Waals surface area contributed by atoms with E-state index in [1.165, 1.54) is 22.3 Å². The van der Waals surface area contributed by atoms with Crippen LogP contribution >= 0.6 is 12.4 Å². The third-order valence-corrected chi connectivity index (χ3v) is 6.11. The van der Waals surface area contributed by atoms with Crippen molar-refractivity contribution < 1.29 is 9.53 Å². The number of ether oxygens (including phenoxy) is 1. The molecule has 0 aromatic heterocycles. The van der Waals surface area contributed by atoms with Gasteiger partial charge in [-0.05, 0) is 60.3 Å². The summed E-state index contributed by atoms with van der Waals surface area (Å²) in [6, 6.07) is 23.2. The number of carbonyl (C=O) groups excluding carboxylic acids is 1. The van der Waals surface area contributed by atoms with Gasteiger partial charge in [0.25, 0.3) is 0 Å². The third-order valence-electron chi connectivity index (χ3n) is 6.11. The predicted octanol–water partition coefficient (Wildman–Crippen LogP) is 6.07. The summed E-state index contributed by atoms with van der Waals surface area (Å²) in [4.78, 5) is 13.1. The van der Waals surface area contributed by atoms with E-state index in [-0.39, 0.29) is 18.5 Å². The van der Waals surface area contributed by atoms with Crippen molar-refractivity contribution in [3.8, 4) is 22.3 Å². The van der Waals surface area contributed by atoms with Gasteiger partial charge in [0.1, 0.15) is 6.29 Å². The first-order chi connectivity index (χ1) is 14.6. The monoisotopic (exact) mass is 435 g/mol. The molecule has 0 N–H and O–H groups in total. The number of hydrogen-bond donors (Lipinski definition) is 0. The van der Waals surface area contributed by atoms with E-state index in [0.717, 1.165) is 36.8 Å². The fourth-order valence-corrected chi connectivity index (χ4v) is 4.61. The van der Waals surface area contributed by atoms with Crippen molar-refractivity contribution in [2.24, 2.45) is 5.92 Å². The first kappa shape index (κ1) is 23.2. The maximum absolute atomic E-state index is 10.9.